The first-order valence-corrected chi connectivity index (χ1v) is 4.38. The van der Waals surface area contributed by atoms with E-state index in [0.717, 1.165) is 12.1 Å². The number of anilines is 1. The van der Waals surface area contributed by atoms with Crippen LogP contribution in [0.5, 0.6) is 0 Å². The monoisotopic (exact) mass is 201 g/mol. The largest absolute Gasteiger partial charge is 0.392 e. The smallest absolute Gasteiger partial charge is 0.146 e. The molecule has 78 valence electrons. The highest BCUT2D eigenvalue weighted by Gasteiger charge is 2.07. The molecule has 0 radical (unpaired) electrons. The molecule has 0 aliphatic carbocycles. The SMILES string of the molecule is Cc1cc(F)c(NC[C@H](C)O)cc1F. The zero-order valence-corrected chi connectivity index (χ0v) is 8.14. The fraction of sp³-hybridized carbons (Fsp3) is 0.400. The summed E-state index contributed by atoms with van der Waals surface area (Å²) in [5, 5.41) is 11.6. The van der Waals surface area contributed by atoms with E-state index >= 15 is 0 Å². The lowest BCUT2D eigenvalue weighted by Gasteiger charge is -2.10. The van der Waals surface area contributed by atoms with E-state index in [1.165, 1.54) is 6.92 Å². The number of aliphatic hydroxyl groups excluding tert-OH is 1. The molecule has 4 heteroatoms. The van der Waals surface area contributed by atoms with E-state index in [-0.39, 0.29) is 17.8 Å². The van der Waals surface area contributed by atoms with Crippen molar-refractivity contribution in [1.29, 1.82) is 0 Å². The molecule has 0 saturated heterocycles. The Morgan fingerprint density at radius 2 is 2.00 bits per heavy atom. The summed E-state index contributed by atoms with van der Waals surface area (Å²) in [6.07, 6.45) is -0.598. The van der Waals surface area contributed by atoms with E-state index in [0.29, 0.717) is 0 Å². The lowest BCUT2D eigenvalue weighted by Crippen LogP contribution is -2.16. The van der Waals surface area contributed by atoms with Gasteiger partial charge in [0.25, 0.3) is 0 Å². The van der Waals surface area contributed by atoms with Crippen LogP contribution in [0.3, 0.4) is 0 Å². The second-order valence-corrected chi connectivity index (χ2v) is 3.31. The Balaban J connectivity index is 2.82. The van der Waals surface area contributed by atoms with Gasteiger partial charge in [-0.1, -0.05) is 0 Å². The van der Waals surface area contributed by atoms with Crippen LogP contribution in [-0.4, -0.2) is 17.8 Å². The van der Waals surface area contributed by atoms with Crippen LogP contribution in [-0.2, 0) is 0 Å². The molecule has 0 spiro atoms. The molecule has 1 atom stereocenters. The van der Waals surface area contributed by atoms with E-state index in [4.69, 9.17) is 5.11 Å². The van der Waals surface area contributed by atoms with Crippen molar-refractivity contribution in [2.24, 2.45) is 0 Å². The number of hydrogen-bond donors (Lipinski definition) is 2. The topological polar surface area (TPSA) is 32.3 Å². The third kappa shape index (κ3) is 2.67. The maximum absolute atomic E-state index is 13.2. The summed E-state index contributed by atoms with van der Waals surface area (Å²) in [4.78, 5) is 0. The van der Waals surface area contributed by atoms with E-state index in [9.17, 15) is 8.78 Å². The lowest BCUT2D eigenvalue weighted by atomic mass is 10.2. The van der Waals surface area contributed by atoms with Crippen molar-refractivity contribution in [2.75, 3.05) is 11.9 Å². The molecule has 1 rings (SSSR count). The maximum atomic E-state index is 13.2. The van der Waals surface area contributed by atoms with Gasteiger partial charge in [0.05, 0.1) is 11.8 Å². The average molecular weight is 201 g/mol. The molecular formula is C10H13F2NO. The Labute approximate surface area is 81.6 Å². The van der Waals surface area contributed by atoms with E-state index in [1.807, 2.05) is 0 Å². The minimum absolute atomic E-state index is 0.0778. The normalized spacial score (nSPS) is 12.6. The van der Waals surface area contributed by atoms with E-state index < -0.39 is 17.7 Å². The maximum Gasteiger partial charge on any atom is 0.146 e. The Morgan fingerprint density at radius 1 is 1.36 bits per heavy atom. The fourth-order valence-corrected chi connectivity index (χ4v) is 1.04. The molecule has 0 saturated carbocycles. The van der Waals surface area contributed by atoms with E-state index in [2.05, 4.69) is 5.32 Å². The van der Waals surface area contributed by atoms with Gasteiger partial charge < -0.3 is 10.4 Å². The molecule has 0 bridgehead atoms. The Bertz CT molecular complexity index is 326. The molecule has 0 amide bonds. The van der Waals surface area contributed by atoms with Crippen molar-refractivity contribution < 1.29 is 13.9 Å². The van der Waals surface area contributed by atoms with Gasteiger partial charge in [0, 0.05) is 12.6 Å². The zero-order valence-electron chi connectivity index (χ0n) is 8.14. The highest BCUT2D eigenvalue weighted by atomic mass is 19.1. The first kappa shape index (κ1) is 10.9. The van der Waals surface area contributed by atoms with Gasteiger partial charge in [0.2, 0.25) is 0 Å². The second-order valence-electron chi connectivity index (χ2n) is 3.31. The van der Waals surface area contributed by atoms with Gasteiger partial charge >= 0.3 is 0 Å². The van der Waals surface area contributed by atoms with Gasteiger partial charge in [-0.25, -0.2) is 8.78 Å². The summed E-state index contributed by atoms with van der Waals surface area (Å²) >= 11 is 0. The van der Waals surface area contributed by atoms with Gasteiger partial charge in [0.1, 0.15) is 11.6 Å². The average Bonchev–Trinajstić information content (AvgIpc) is 2.09. The Morgan fingerprint density at radius 3 is 2.57 bits per heavy atom. The molecule has 1 aromatic rings. The van der Waals surface area contributed by atoms with Crippen molar-refractivity contribution >= 4 is 5.69 Å². The third-order valence-corrected chi connectivity index (χ3v) is 1.84. The van der Waals surface area contributed by atoms with Crippen molar-refractivity contribution in [3.63, 3.8) is 0 Å². The van der Waals surface area contributed by atoms with Crippen molar-refractivity contribution in [1.82, 2.24) is 0 Å². The number of nitrogens with one attached hydrogen (secondary N) is 1. The summed E-state index contributed by atoms with van der Waals surface area (Å²) < 4.78 is 26.2. The number of aryl methyl sites for hydroxylation is 1. The van der Waals surface area contributed by atoms with Gasteiger partial charge in [-0.3, -0.25) is 0 Å². The van der Waals surface area contributed by atoms with Crippen LogP contribution in [0, 0.1) is 18.6 Å². The Hall–Kier alpha value is -1.16. The first-order chi connectivity index (χ1) is 6.50. The predicted octanol–water partition coefficient (Wildman–Crippen LogP) is 2.07. The summed E-state index contributed by atoms with van der Waals surface area (Å²) in [6.45, 7) is 3.26. The number of aliphatic hydroxyl groups is 1. The van der Waals surface area contributed by atoms with Crippen LogP contribution < -0.4 is 5.32 Å². The highest BCUT2D eigenvalue weighted by molar-refractivity contribution is 5.46. The predicted molar refractivity (Wildman–Crippen MR) is 51.3 cm³/mol. The first-order valence-electron chi connectivity index (χ1n) is 4.38. The number of halogens is 2. The molecular weight excluding hydrogens is 188 g/mol. The Kier molecular flexibility index (Phi) is 3.41. The molecule has 0 unspecified atom stereocenters. The van der Waals surface area contributed by atoms with Gasteiger partial charge in [-0.05, 0) is 25.5 Å². The molecule has 0 heterocycles. The summed E-state index contributed by atoms with van der Waals surface area (Å²) in [5.74, 6) is -0.968. The molecule has 0 aliphatic rings. The van der Waals surface area contributed by atoms with E-state index in [1.54, 1.807) is 6.92 Å². The van der Waals surface area contributed by atoms with Crippen LogP contribution in [0.25, 0.3) is 0 Å². The molecule has 0 aromatic heterocycles. The third-order valence-electron chi connectivity index (χ3n) is 1.84. The molecule has 0 aliphatic heterocycles. The van der Waals surface area contributed by atoms with Crippen LogP contribution >= 0.6 is 0 Å². The van der Waals surface area contributed by atoms with Gasteiger partial charge in [-0.15, -0.1) is 0 Å². The second kappa shape index (κ2) is 4.37. The van der Waals surface area contributed by atoms with Crippen molar-refractivity contribution in [2.45, 2.75) is 20.0 Å². The summed E-state index contributed by atoms with van der Waals surface area (Å²) in [5.41, 5.74) is 0.346. The van der Waals surface area contributed by atoms with Crippen LogP contribution in [0.15, 0.2) is 12.1 Å². The molecule has 2 N–H and O–H groups in total. The lowest BCUT2D eigenvalue weighted by molar-refractivity contribution is 0.208. The molecule has 1 aromatic carbocycles. The molecule has 2 nitrogen and oxygen atoms in total. The fourth-order valence-electron chi connectivity index (χ4n) is 1.04. The number of hydrogen-bond acceptors (Lipinski definition) is 2. The van der Waals surface area contributed by atoms with Crippen LogP contribution in [0.2, 0.25) is 0 Å². The number of rotatable bonds is 3. The quantitative estimate of drug-likeness (QED) is 0.784. The highest BCUT2D eigenvalue weighted by Crippen LogP contribution is 2.18. The standard InChI is InChI=1S/C10H13F2NO/c1-6-3-9(12)10(4-8(6)11)13-5-7(2)14/h3-4,7,13-14H,5H2,1-2H3/t7-/m0/s1. The van der Waals surface area contributed by atoms with Crippen LogP contribution in [0.4, 0.5) is 14.5 Å². The van der Waals surface area contributed by atoms with Gasteiger partial charge in [0.15, 0.2) is 0 Å². The summed E-state index contributed by atoms with van der Waals surface area (Å²) in [6, 6.07) is 2.22. The molecule has 14 heavy (non-hydrogen) atoms. The zero-order chi connectivity index (χ0) is 10.7. The van der Waals surface area contributed by atoms with Crippen molar-refractivity contribution in [3.8, 4) is 0 Å². The minimum Gasteiger partial charge on any atom is -0.392 e. The van der Waals surface area contributed by atoms with Crippen LogP contribution in [0.1, 0.15) is 12.5 Å². The molecule has 0 fully saturated rings. The van der Waals surface area contributed by atoms with Crippen molar-refractivity contribution in [3.05, 3.63) is 29.3 Å². The summed E-state index contributed by atoms with van der Waals surface area (Å²) in [7, 11) is 0. The van der Waals surface area contributed by atoms with Gasteiger partial charge in [-0.2, -0.15) is 0 Å². The minimum atomic E-state index is -0.598. The number of benzene rings is 1.